The number of methoxy groups -OCH3 is 1. The Morgan fingerprint density at radius 2 is 1.90 bits per heavy atom. The first kappa shape index (κ1) is 16.0. The van der Waals surface area contributed by atoms with Crippen molar-refractivity contribution >= 4 is 11.9 Å². The predicted octanol–water partition coefficient (Wildman–Crippen LogP) is 2.16. The van der Waals surface area contributed by atoms with Gasteiger partial charge >= 0.3 is 5.97 Å². The first-order valence-electron chi connectivity index (χ1n) is 6.50. The summed E-state index contributed by atoms with van der Waals surface area (Å²) >= 11 is 0. The second-order valence-electron chi connectivity index (χ2n) is 5.06. The molecule has 20 heavy (non-hydrogen) atoms. The molecule has 0 fully saturated rings. The minimum Gasteiger partial charge on any atom is -0.496 e. The van der Waals surface area contributed by atoms with Crippen LogP contribution in [0.1, 0.15) is 37.6 Å². The number of esters is 1. The maximum atomic E-state index is 11.9. The molecule has 0 aliphatic carbocycles. The second-order valence-corrected chi connectivity index (χ2v) is 5.06. The smallest absolute Gasteiger partial charge is 0.342 e. The molecule has 0 aliphatic heterocycles. The number of benzene rings is 1. The average Bonchev–Trinajstić information content (AvgIpc) is 2.44. The Kier molecular flexibility index (Phi) is 5.55. The van der Waals surface area contributed by atoms with E-state index >= 15 is 0 Å². The molecule has 1 amide bonds. The van der Waals surface area contributed by atoms with Crippen molar-refractivity contribution in [3.05, 3.63) is 29.8 Å². The minimum absolute atomic E-state index is 0.303. The Labute approximate surface area is 119 Å². The molecule has 0 aliphatic rings. The summed E-state index contributed by atoms with van der Waals surface area (Å²) in [6.45, 7) is 5.49. The van der Waals surface area contributed by atoms with E-state index in [0.29, 0.717) is 11.3 Å². The zero-order valence-corrected chi connectivity index (χ0v) is 12.4. The molecule has 0 heterocycles. The summed E-state index contributed by atoms with van der Waals surface area (Å²) in [4.78, 5) is 23.6. The number of rotatable bonds is 6. The van der Waals surface area contributed by atoms with Gasteiger partial charge in [0.1, 0.15) is 11.3 Å². The second kappa shape index (κ2) is 6.93. The number of para-hydroxylation sites is 1. The summed E-state index contributed by atoms with van der Waals surface area (Å²) in [5.41, 5.74) is -0.00829. The fourth-order valence-corrected chi connectivity index (χ4v) is 1.52. The SMILES string of the molecule is CCC(C)(C)NC(=O)COC(=O)c1ccccc1OC. The third-order valence-electron chi connectivity index (χ3n) is 3.02. The van der Waals surface area contributed by atoms with E-state index < -0.39 is 5.97 Å². The molecule has 5 heteroatoms. The molecule has 0 bridgehead atoms. The zero-order chi connectivity index (χ0) is 15.2. The number of hydrogen-bond acceptors (Lipinski definition) is 4. The van der Waals surface area contributed by atoms with Crippen molar-refractivity contribution < 1.29 is 19.1 Å². The lowest BCUT2D eigenvalue weighted by molar-refractivity contribution is -0.125. The van der Waals surface area contributed by atoms with Crippen molar-refractivity contribution in [1.82, 2.24) is 5.32 Å². The van der Waals surface area contributed by atoms with E-state index in [2.05, 4.69) is 5.32 Å². The third kappa shape index (κ3) is 4.57. The van der Waals surface area contributed by atoms with E-state index in [1.807, 2.05) is 20.8 Å². The summed E-state index contributed by atoms with van der Waals surface area (Å²) in [7, 11) is 1.47. The van der Waals surface area contributed by atoms with Gasteiger partial charge in [-0.1, -0.05) is 19.1 Å². The van der Waals surface area contributed by atoms with Crippen LogP contribution in [0, 0.1) is 0 Å². The van der Waals surface area contributed by atoms with Crippen molar-refractivity contribution in [2.24, 2.45) is 0 Å². The first-order valence-corrected chi connectivity index (χ1v) is 6.50. The average molecular weight is 279 g/mol. The van der Waals surface area contributed by atoms with Gasteiger partial charge in [-0.25, -0.2) is 4.79 Å². The van der Waals surface area contributed by atoms with Crippen LogP contribution in [-0.4, -0.2) is 31.1 Å². The van der Waals surface area contributed by atoms with E-state index in [9.17, 15) is 9.59 Å². The van der Waals surface area contributed by atoms with E-state index in [-0.39, 0.29) is 18.1 Å². The van der Waals surface area contributed by atoms with Gasteiger partial charge in [0.15, 0.2) is 6.61 Å². The molecular formula is C15H21NO4. The van der Waals surface area contributed by atoms with Gasteiger partial charge < -0.3 is 14.8 Å². The quantitative estimate of drug-likeness (QED) is 0.810. The number of amides is 1. The van der Waals surface area contributed by atoms with Gasteiger partial charge in [0.2, 0.25) is 0 Å². The predicted molar refractivity (Wildman–Crippen MR) is 75.8 cm³/mol. The molecule has 0 radical (unpaired) electrons. The highest BCUT2D eigenvalue weighted by molar-refractivity contribution is 5.94. The van der Waals surface area contributed by atoms with Crippen molar-refractivity contribution in [2.75, 3.05) is 13.7 Å². The molecule has 1 rings (SSSR count). The van der Waals surface area contributed by atoms with Gasteiger partial charge in [-0.15, -0.1) is 0 Å². The van der Waals surface area contributed by atoms with Gasteiger partial charge in [0.25, 0.3) is 5.91 Å². The van der Waals surface area contributed by atoms with Crippen LogP contribution in [0.4, 0.5) is 0 Å². The van der Waals surface area contributed by atoms with Crippen molar-refractivity contribution in [3.8, 4) is 5.75 Å². The highest BCUT2D eigenvalue weighted by Crippen LogP contribution is 2.18. The summed E-state index contributed by atoms with van der Waals surface area (Å²) in [6.07, 6.45) is 0.791. The lowest BCUT2D eigenvalue weighted by Gasteiger charge is -2.24. The fourth-order valence-electron chi connectivity index (χ4n) is 1.52. The van der Waals surface area contributed by atoms with Crippen LogP contribution in [0.2, 0.25) is 0 Å². The van der Waals surface area contributed by atoms with Gasteiger partial charge in [-0.2, -0.15) is 0 Å². The van der Waals surface area contributed by atoms with E-state index in [4.69, 9.17) is 9.47 Å². The van der Waals surface area contributed by atoms with Gasteiger partial charge in [0, 0.05) is 5.54 Å². The zero-order valence-electron chi connectivity index (χ0n) is 12.4. The molecule has 1 aromatic rings. The highest BCUT2D eigenvalue weighted by Gasteiger charge is 2.19. The molecule has 110 valence electrons. The van der Waals surface area contributed by atoms with Crippen LogP contribution < -0.4 is 10.1 Å². The molecule has 5 nitrogen and oxygen atoms in total. The van der Waals surface area contributed by atoms with Crippen molar-refractivity contribution in [3.63, 3.8) is 0 Å². The summed E-state index contributed by atoms with van der Waals surface area (Å²) in [5, 5.41) is 2.79. The number of ether oxygens (including phenoxy) is 2. The molecule has 1 aromatic carbocycles. The number of carbonyl (C=O) groups is 2. The highest BCUT2D eigenvalue weighted by atomic mass is 16.5. The Hall–Kier alpha value is -2.04. The van der Waals surface area contributed by atoms with E-state index in [0.717, 1.165) is 6.42 Å². The Bertz CT molecular complexity index is 483. The molecular weight excluding hydrogens is 258 g/mol. The van der Waals surface area contributed by atoms with Crippen LogP contribution in [0.5, 0.6) is 5.75 Å². The van der Waals surface area contributed by atoms with Crippen LogP contribution >= 0.6 is 0 Å². The Morgan fingerprint density at radius 1 is 1.25 bits per heavy atom. The summed E-state index contributed by atoms with van der Waals surface area (Å²) in [5.74, 6) is -0.473. The normalized spacial score (nSPS) is 10.8. The van der Waals surface area contributed by atoms with Crippen molar-refractivity contribution in [1.29, 1.82) is 0 Å². The summed E-state index contributed by atoms with van der Waals surface area (Å²) < 4.78 is 10.1. The standard InChI is InChI=1S/C15H21NO4/c1-5-15(2,3)16-13(17)10-20-14(18)11-8-6-7-9-12(11)19-4/h6-9H,5,10H2,1-4H3,(H,16,17). The maximum absolute atomic E-state index is 11.9. The summed E-state index contributed by atoms with van der Waals surface area (Å²) in [6, 6.07) is 6.72. The molecule has 0 aromatic heterocycles. The lowest BCUT2D eigenvalue weighted by atomic mass is 10.0. The fraction of sp³-hybridized carbons (Fsp3) is 0.467. The molecule has 0 saturated heterocycles. The lowest BCUT2D eigenvalue weighted by Crippen LogP contribution is -2.44. The Balaban J connectivity index is 2.57. The van der Waals surface area contributed by atoms with Gasteiger partial charge in [-0.3, -0.25) is 4.79 Å². The van der Waals surface area contributed by atoms with E-state index in [1.54, 1.807) is 24.3 Å². The van der Waals surface area contributed by atoms with Crippen LogP contribution in [0.25, 0.3) is 0 Å². The number of hydrogen-bond donors (Lipinski definition) is 1. The Morgan fingerprint density at radius 3 is 2.50 bits per heavy atom. The largest absolute Gasteiger partial charge is 0.496 e. The topological polar surface area (TPSA) is 64.6 Å². The molecule has 0 saturated carbocycles. The van der Waals surface area contributed by atoms with E-state index in [1.165, 1.54) is 7.11 Å². The molecule has 0 atom stereocenters. The van der Waals surface area contributed by atoms with Crippen LogP contribution in [-0.2, 0) is 9.53 Å². The van der Waals surface area contributed by atoms with Crippen LogP contribution in [0.3, 0.4) is 0 Å². The van der Waals surface area contributed by atoms with Gasteiger partial charge in [0.05, 0.1) is 7.11 Å². The third-order valence-corrected chi connectivity index (χ3v) is 3.02. The van der Waals surface area contributed by atoms with Crippen molar-refractivity contribution in [2.45, 2.75) is 32.7 Å². The maximum Gasteiger partial charge on any atom is 0.342 e. The monoisotopic (exact) mass is 279 g/mol. The first-order chi connectivity index (χ1) is 9.39. The van der Waals surface area contributed by atoms with Crippen LogP contribution in [0.15, 0.2) is 24.3 Å². The molecule has 0 spiro atoms. The number of nitrogens with one attached hydrogen (secondary N) is 1. The molecule has 0 unspecified atom stereocenters. The van der Waals surface area contributed by atoms with Gasteiger partial charge in [-0.05, 0) is 32.4 Å². The molecule has 1 N–H and O–H groups in total. The minimum atomic E-state index is -0.577. The number of carbonyl (C=O) groups excluding carboxylic acids is 2.